The van der Waals surface area contributed by atoms with Crippen molar-refractivity contribution in [2.75, 3.05) is 13.1 Å². The van der Waals surface area contributed by atoms with E-state index < -0.39 is 0 Å². The minimum absolute atomic E-state index is 0.255. The van der Waals surface area contributed by atoms with Gasteiger partial charge in [0.2, 0.25) is 0 Å². The molecule has 1 saturated heterocycles. The Bertz CT molecular complexity index is 921. The quantitative estimate of drug-likeness (QED) is 0.672. The molecule has 1 fully saturated rings. The van der Waals surface area contributed by atoms with Crippen molar-refractivity contribution in [3.05, 3.63) is 57.4 Å². The number of carbonyl (C=O) groups is 1. The van der Waals surface area contributed by atoms with E-state index in [1.54, 1.807) is 11.3 Å². The highest BCUT2D eigenvalue weighted by atomic mass is 32.1. The Balaban J connectivity index is 1.38. The molecule has 26 heavy (non-hydrogen) atoms. The second-order valence-electron chi connectivity index (χ2n) is 7.66. The second kappa shape index (κ2) is 6.58. The summed E-state index contributed by atoms with van der Waals surface area (Å²) in [4.78, 5) is 20.3. The summed E-state index contributed by atoms with van der Waals surface area (Å²) >= 11 is 1.79. The molecule has 0 spiro atoms. The van der Waals surface area contributed by atoms with Crippen LogP contribution in [-0.2, 0) is 12.8 Å². The van der Waals surface area contributed by atoms with Crippen LogP contribution in [0.1, 0.15) is 58.1 Å². The molecule has 1 aromatic carbocycles. The van der Waals surface area contributed by atoms with E-state index in [9.17, 15) is 4.79 Å². The van der Waals surface area contributed by atoms with Gasteiger partial charge in [0.1, 0.15) is 0 Å². The molecular formula is C22H24N2OS. The first-order valence-corrected chi connectivity index (χ1v) is 10.6. The third-order valence-electron chi connectivity index (χ3n) is 5.99. The molecule has 1 aliphatic heterocycles. The number of H-pyrrole nitrogens is 1. The van der Waals surface area contributed by atoms with Crippen LogP contribution in [0.2, 0.25) is 0 Å². The fourth-order valence-corrected chi connectivity index (χ4v) is 5.69. The van der Waals surface area contributed by atoms with Gasteiger partial charge in [0.15, 0.2) is 0 Å². The maximum absolute atomic E-state index is 13.2. The number of benzene rings is 1. The SMILES string of the molecule is O=C(c1csc2c1CCCC2)N1CCCC(c2cc3ccccc3[nH]2)C1. The van der Waals surface area contributed by atoms with Crippen LogP contribution in [0.5, 0.6) is 0 Å². The molecular weight excluding hydrogens is 340 g/mol. The lowest BCUT2D eigenvalue weighted by Gasteiger charge is -2.32. The van der Waals surface area contributed by atoms with Gasteiger partial charge in [0.25, 0.3) is 5.91 Å². The number of hydrogen-bond donors (Lipinski definition) is 1. The summed E-state index contributed by atoms with van der Waals surface area (Å²) in [5.41, 5.74) is 4.80. The number of amides is 1. The van der Waals surface area contributed by atoms with Crippen LogP contribution >= 0.6 is 11.3 Å². The zero-order valence-electron chi connectivity index (χ0n) is 15.0. The number of para-hydroxylation sites is 1. The van der Waals surface area contributed by atoms with E-state index in [1.807, 2.05) is 0 Å². The highest BCUT2D eigenvalue weighted by Gasteiger charge is 2.29. The molecule has 4 heteroatoms. The number of thiophene rings is 1. The summed E-state index contributed by atoms with van der Waals surface area (Å²) in [7, 11) is 0. The summed E-state index contributed by atoms with van der Waals surface area (Å²) < 4.78 is 0. The molecule has 1 unspecified atom stereocenters. The molecule has 0 bridgehead atoms. The number of carbonyl (C=O) groups excluding carboxylic acids is 1. The Morgan fingerprint density at radius 3 is 2.96 bits per heavy atom. The maximum atomic E-state index is 13.2. The fraction of sp³-hybridized carbons (Fsp3) is 0.409. The molecule has 1 atom stereocenters. The predicted octanol–water partition coefficient (Wildman–Crippen LogP) is 5.13. The number of likely N-dealkylation sites (tertiary alicyclic amines) is 1. The highest BCUT2D eigenvalue weighted by molar-refractivity contribution is 7.10. The Morgan fingerprint density at radius 1 is 1.15 bits per heavy atom. The van der Waals surface area contributed by atoms with Crippen LogP contribution in [0, 0.1) is 0 Å². The Kier molecular flexibility index (Phi) is 4.08. The first-order valence-electron chi connectivity index (χ1n) is 9.76. The Morgan fingerprint density at radius 2 is 2.04 bits per heavy atom. The van der Waals surface area contributed by atoms with Crippen LogP contribution in [0.3, 0.4) is 0 Å². The summed E-state index contributed by atoms with van der Waals surface area (Å²) in [6.45, 7) is 1.72. The van der Waals surface area contributed by atoms with E-state index in [-0.39, 0.29) is 5.91 Å². The molecule has 134 valence electrons. The molecule has 1 N–H and O–H groups in total. The molecule has 3 nitrogen and oxygen atoms in total. The van der Waals surface area contributed by atoms with Crippen LogP contribution in [0.4, 0.5) is 0 Å². The number of aryl methyl sites for hydroxylation is 1. The van der Waals surface area contributed by atoms with Crippen molar-refractivity contribution in [3.63, 3.8) is 0 Å². The van der Waals surface area contributed by atoms with Crippen molar-refractivity contribution in [1.82, 2.24) is 9.88 Å². The molecule has 1 amide bonds. The lowest BCUT2D eigenvalue weighted by atomic mass is 9.92. The largest absolute Gasteiger partial charge is 0.358 e. The van der Waals surface area contributed by atoms with E-state index in [1.165, 1.54) is 39.9 Å². The number of rotatable bonds is 2. The lowest BCUT2D eigenvalue weighted by Crippen LogP contribution is -2.39. The molecule has 2 aromatic heterocycles. The summed E-state index contributed by atoms with van der Waals surface area (Å²) in [5, 5.41) is 3.38. The first-order chi connectivity index (χ1) is 12.8. The van der Waals surface area contributed by atoms with E-state index in [4.69, 9.17) is 0 Å². The smallest absolute Gasteiger partial charge is 0.255 e. The van der Waals surface area contributed by atoms with Crippen LogP contribution in [-0.4, -0.2) is 28.9 Å². The van der Waals surface area contributed by atoms with Crippen molar-refractivity contribution in [2.24, 2.45) is 0 Å². The number of aromatic amines is 1. The molecule has 0 radical (unpaired) electrons. The summed E-state index contributed by atoms with van der Waals surface area (Å²) in [5.74, 6) is 0.666. The van der Waals surface area contributed by atoms with Gasteiger partial charge in [-0.2, -0.15) is 0 Å². The minimum atomic E-state index is 0.255. The first kappa shape index (κ1) is 16.1. The van der Waals surface area contributed by atoms with Gasteiger partial charge in [-0.15, -0.1) is 11.3 Å². The van der Waals surface area contributed by atoms with Gasteiger partial charge in [0, 0.05) is 40.5 Å². The van der Waals surface area contributed by atoms with Crippen molar-refractivity contribution in [3.8, 4) is 0 Å². The van der Waals surface area contributed by atoms with Gasteiger partial charge in [-0.1, -0.05) is 18.2 Å². The average Bonchev–Trinajstić information content (AvgIpc) is 3.32. The molecule has 0 saturated carbocycles. The van der Waals surface area contributed by atoms with Crippen molar-refractivity contribution < 1.29 is 4.79 Å². The number of piperidine rings is 1. The standard InChI is InChI=1S/C22H24N2OS/c25-22(18-14-26-21-10-4-2-8-17(18)21)24-11-5-7-16(13-24)20-12-15-6-1-3-9-19(15)23-20/h1,3,6,9,12,14,16,23H,2,4-5,7-8,10-11,13H2. The zero-order chi connectivity index (χ0) is 17.5. The van der Waals surface area contributed by atoms with Gasteiger partial charge < -0.3 is 9.88 Å². The fourth-order valence-electron chi connectivity index (χ4n) is 4.57. The molecule has 3 heterocycles. The van der Waals surface area contributed by atoms with E-state index in [0.29, 0.717) is 5.92 Å². The highest BCUT2D eigenvalue weighted by Crippen LogP contribution is 2.33. The average molecular weight is 365 g/mol. The number of nitrogens with one attached hydrogen (secondary N) is 1. The van der Waals surface area contributed by atoms with Gasteiger partial charge >= 0.3 is 0 Å². The minimum Gasteiger partial charge on any atom is -0.358 e. The van der Waals surface area contributed by atoms with E-state index in [0.717, 1.165) is 44.3 Å². The number of fused-ring (bicyclic) bond motifs is 2. The molecule has 1 aliphatic carbocycles. The Hall–Kier alpha value is -2.07. The van der Waals surface area contributed by atoms with Gasteiger partial charge in [0.05, 0.1) is 5.56 Å². The topological polar surface area (TPSA) is 36.1 Å². The number of nitrogens with zero attached hydrogens (tertiary/aromatic N) is 1. The number of hydrogen-bond acceptors (Lipinski definition) is 2. The van der Waals surface area contributed by atoms with Crippen molar-refractivity contribution in [1.29, 1.82) is 0 Å². The van der Waals surface area contributed by atoms with Crippen molar-refractivity contribution >= 4 is 28.1 Å². The van der Waals surface area contributed by atoms with E-state index in [2.05, 4.69) is 45.6 Å². The normalized spacial score (nSPS) is 20.3. The van der Waals surface area contributed by atoms with Crippen molar-refractivity contribution in [2.45, 2.75) is 44.4 Å². The van der Waals surface area contributed by atoms with Crippen LogP contribution in [0.25, 0.3) is 10.9 Å². The Labute approximate surface area is 158 Å². The van der Waals surface area contributed by atoms with Gasteiger partial charge in [-0.05, 0) is 61.6 Å². The van der Waals surface area contributed by atoms with E-state index >= 15 is 0 Å². The zero-order valence-corrected chi connectivity index (χ0v) is 15.8. The third kappa shape index (κ3) is 2.77. The van der Waals surface area contributed by atoms with Crippen LogP contribution < -0.4 is 0 Å². The molecule has 2 aliphatic rings. The third-order valence-corrected chi connectivity index (χ3v) is 7.08. The number of aromatic nitrogens is 1. The predicted molar refractivity (Wildman–Crippen MR) is 107 cm³/mol. The van der Waals surface area contributed by atoms with Gasteiger partial charge in [-0.3, -0.25) is 4.79 Å². The summed E-state index contributed by atoms with van der Waals surface area (Å²) in [6, 6.07) is 10.7. The monoisotopic (exact) mass is 364 g/mol. The second-order valence-corrected chi connectivity index (χ2v) is 8.62. The maximum Gasteiger partial charge on any atom is 0.255 e. The van der Waals surface area contributed by atoms with Gasteiger partial charge in [-0.25, -0.2) is 0 Å². The molecule has 5 rings (SSSR count). The summed E-state index contributed by atoms with van der Waals surface area (Å²) in [6.07, 6.45) is 6.97. The van der Waals surface area contributed by atoms with Crippen LogP contribution in [0.15, 0.2) is 35.7 Å². The lowest BCUT2D eigenvalue weighted by molar-refractivity contribution is 0.0705. The molecule has 3 aromatic rings.